The Balaban J connectivity index is 1.61. The van der Waals surface area contributed by atoms with Gasteiger partial charge < -0.3 is 19.8 Å². The summed E-state index contributed by atoms with van der Waals surface area (Å²) in [4.78, 5) is 16.8. The molecule has 4 rings (SSSR count). The predicted molar refractivity (Wildman–Crippen MR) is 133 cm³/mol. The van der Waals surface area contributed by atoms with Crippen molar-refractivity contribution >= 4 is 23.6 Å². The molecule has 3 atom stereocenters. The van der Waals surface area contributed by atoms with E-state index in [-0.39, 0.29) is 35.2 Å². The van der Waals surface area contributed by atoms with Crippen molar-refractivity contribution in [2.45, 2.75) is 78.1 Å². The van der Waals surface area contributed by atoms with Crippen molar-refractivity contribution in [3.8, 4) is 11.6 Å². The number of ether oxygens (including phenoxy) is 1. The number of alkyl halides is 3. The zero-order valence-corrected chi connectivity index (χ0v) is 21.8. The maximum atomic E-state index is 12.8. The van der Waals surface area contributed by atoms with Gasteiger partial charge in [0.2, 0.25) is 0 Å². The Morgan fingerprint density at radius 2 is 1.97 bits per heavy atom. The van der Waals surface area contributed by atoms with Crippen LogP contribution in [0.3, 0.4) is 0 Å². The number of nitrogens with one attached hydrogen (secondary N) is 2. The Kier molecular flexibility index (Phi) is 7.64. The molecule has 11 heteroatoms. The van der Waals surface area contributed by atoms with Crippen LogP contribution in [0, 0.1) is 18.3 Å². The van der Waals surface area contributed by atoms with Crippen molar-refractivity contribution in [3.05, 3.63) is 22.2 Å². The Labute approximate surface area is 213 Å². The fourth-order valence-electron chi connectivity index (χ4n) is 5.11. The molecular formula is C26H34F3N5O3. The molecule has 0 aromatic carbocycles. The monoisotopic (exact) mass is 521 g/mol. The van der Waals surface area contributed by atoms with Crippen LogP contribution < -0.4 is 21.2 Å². The van der Waals surface area contributed by atoms with E-state index in [4.69, 9.17) is 14.1 Å². The summed E-state index contributed by atoms with van der Waals surface area (Å²) < 4.78 is 49.3. The van der Waals surface area contributed by atoms with Crippen LogP contribution in [0.25, 0.3) is 23.2 Å². The summed E-state index contributed by atoms with van der Waals surface area (Å²) in [6, 6.07) is 1.64. The van der Waals surface area contributed by atoms with Crippen molar-refractivity contribution in [1.82, 2.24) is 20.5 Å². The van der Waals surface area contributed by atoms with Gasteiger partial charge in [0.25, 0.3) is 5.89 Å². The molecule has 0 amide bonds. The molecule has 0 spiro atoms. The number of nitrogens with zero attached hydrogens (tertiary/aromatic N) is 3. The lowest BCUT2D eigenvalue weighted by Crippen LogP contribution is -2.46. The maximum Gasteiger partial charge on any atom is 0.401 e. The summed E-state index contributed by atoms with van der Waals surface area (Å²) in [5, 5.41) is 15.7. The molecule has 0 aliphatic heterocycles. The summed E-state index contributed by atoms with van der Waals surface area (Å²) >= 11 is 0. The first kappa shape index (κ1) is 27.1. The second-order valence-electron chi connectivity index (χ2n) is 10.9. The van der Waals surface area contributed by atoms with Crippen molar-refractivity contribution < 1.29 is 27.1 Å². The second-order valence-corrected chi connectivity index (χ2v) is 10.9. The fraction of sp³-hybridized carbons (Fsp3) is 0.615. The lowest BCUT2D eigenvalue weighted by atomic mass is 9.79. The molecule has 0 saturated heterocycles. The number of fused-ring (bicyclic) bond motifs is 1. The highest BCUT2D eigenvalue weighted by Crippen LogP contribution is 2.31. The third-order valence-corrected chi connectivity index (χ3v) is 6.99. The van der Waals surface area contributed by atoms with Gasteiger partial charge in [-0.1, -0.05) is 38.4 Å². The van der Waals surface area contributed by atoms with E-state index in [0.29, 0.717) is 18.5 Å². The molecule has 1 fully saturated rings. The van der Waals surface area contributed by atoms with Gasteiger partial charge in [0.05, 0.1) is 24.9 Å². The van der Waals surface area contributed by atoms with E-state index in [1.807, 2.05) is 39.8 Å². The number of aromatic nitrogens is 3. The van der Waals surface area contributed by atoms with Gasteiger partial charge in [-0.05, 0) is 55.2 Å². The van der Waals surface area contributed by atoms with Gasteiger partial charge in [-0.3, -0.25) is 4.79 Å². The predicted octanol–water partition coefficient (Wildman–Crippen LogP) is 3.49. The minimum atomic E-state index is -4.28. The lowest BCUT2D eigenvalue weighted by molar-refractivity contribution is -0.146. The van der Waals surface area contributed by atoms with Crippen LogP contribution in [0.4, 0.5) is 19.2 Å². The zero-order chi connectivity index (χ0) is 27.0. The van der Waals surface area contributed by atoms with Gasteiger partial charge in [-0.2, -0.15) is 13.2 Å². The van der Waals surface area contributed by atoms with Crippen LogP contribution in [-0.2, 0) is 9.53 Å². The second kappa shape index (κ2) is 10.4. The Morgan fingerprint density at radius 1 is 1.22 bits per heavy atom. The van der Waals surface area contributed by atoms with Gasteiger partial charge in [-0.15, -0.1) is 5.10 Å². The number of esters is 1. The van der Waals surface area contributed by atoms with Gasteiger partial charge in [0.15, 0.2) is 0 Å². The van der Waals surface area contributed by atoms with Crippen molar-refractivity contribution in [3.63, 3.8) is 0 Å². The molecule has 2 aliphatic carbocycles. The van der Waals surface area contributed by atoms with Gasteiger partial charge in [0.1, 0.15) is 5.69 Å². The molecule has 37 heavy (non-hydrogen) atoms. The highest BCUT2D eigenvalue weighted by atomic mass is 19.4. The maximum absolute atomic E-state index is 12.8. The normalized spacial score (nSPS) is 22.3. The Hall–Kier alpha value is -2.95. The number of rotatable bonds is 6. The molecule has 1 saturated carbocycles. The molecule has 0 bridgehead atoms. The van der Waals surface area contributed by atoms with Gasteiger partial charge in [-0.25, -0.2) is 4.98 Å². The fourth-order valence-corrected chi connectivity index (χ4v) is 5.11. The van der Waals surface area contributed by atoms with Crippen LogP contribution in [-0.4, -0.2) is 53.1 Å². The van der Waals surface area contributed by atoms with Gasteiger partial charge in [0, 0.05) is 17.3 Å². The Bertz CT molecular complexity index is 1270. The molecule has 2 aromatic heterocycles. The molecule has 2 aromatic rings. The molecule has 202 valence electrons. The minimum absolute atomic E-state index is 0.0148. The van der Waals surface area contributed by atoms with Crippen molar-refractivity contribution in [2.24, 2.45) is 11.3 Å². The third kappa shape index (κ3) is 6.49. The smallest absolute Gasteiger partial charge is 0.401 e. The summed E-state index contributed by atoms with van der Waals surface area (Å²) in [7, 11) is 1.40. The number of halogens is 3. The van der Waals surface area contributed by atoms with E-state index in [1.165, 1.54) is 7.11 Å². The first-order valence-electron chi connectivity index (χ1n) is 12.6. The minimum Gasteiger partial charge on any atom is -0.469 e. The van der Waals surface area contributed by atoms with E-state index in [0.717, 1.165) is 41.0 Å². The molecule has 2 aliphatic rings. The van der Waals surface area contributed by atoms with Crippen LogP contribution in [0.1, 0.15) is 58.4 Å². The Morgan fingerprint density at radius 3 is 2.65 bits per heavy atom. The molecular weight excluding hydrogens is 487 g/mol. The number of hydrogen-bond acceptors (Lipinski definition) is 8. The van der Waals surface area contributed by atoms with Gasteiger partial charge >= 0.3 is 18.2 Å². The van der Waals surface area contributed by atoms with E-state index in [2.05, 4.69) is 20.8 Å². The average Bonchev–Trinajstić information content (AvgIpc) is 3.29. The van der Waals surface area contributed by atoms with Crippen molar-refractivity contribution in [2.75, 3.05) is 19.0 Å². The first-order chi connectivity index (χ1) is 17.3. The van der Waals surface area contributed by atoms with E-state index < -0.39 is 18.8 Å². The number of carbonyl (C=O) groups excluding carboxylic acids is 1. The number of methoxy groups -OCH3 is 1. The average molecular weight is 522 g/mol. The highest BCUT2D eigenvalue weighted by molar-refractivity contribution is 5.72. The van der Waals surface area contributed by atoms with E-state index in [1.54, 1.807) is 0 Å². The number of hydrogen-bond donors (Lipinski definition) is 2. The SMILES string of the molecule is COC(=O)C1CCCC(Nc2nnc(-c3cc(C)c4c(n3)=C(C(C)(C)C)CC(NCC(F)(F)F)C=4)o2)C1. The third-order valence-electron chi connectivity index (χ3n) is 6.99. The quantitative estimate of drug-likeness (QED) is 0.557. The number of carbonyl (C=O) groups is 1. The highest BCUT2D eigenvalue weighted by Gasteiger charge is 2.31. The zero-order valence-electron chi connectivity index (χ0n) is 21.8. The molecule has 8 nitrogen and oxygen atoms in total. The molecule has 2 heterocycles. The van der Waals surface area contributed by atoms with Crippen molar-refractivity contribution in [1.29, 1.82) is 0 Å². The number of anilines is 1. The lowest BCUT2D eigenvalue weighted by Gasteiger charge is -2.29. The summed E-state index contributed by atoms with van der Waals surface area (Å²) in [5.74, 6) is -0.107. The number of aryl methyl sites for hydroxylation is 1. The van der Waals surface area contributed by atoms with Crippen LogP contribution in [0.5, 0.6) is 0 Å². The first-order valence-corrected chi connectivity index (χ1v) is 12.6. The van der Waals surface area contributed by atoms with Crippen LogP contribution >= 0.6 is 0 Å². The number of pyridine rings is 1. The molecule has 2 N–H and O–H groups in total. The summed E-state index contributed by atoms with van der Waals surface area (Å²) in [5.41, 5.74) is 2.02. The van der Waals surface area contributed by atoms with Crippen LogP contribution in [0.2, 0.25) is 0 Å². The van der Waals surface area contributed by atoms with E-state index in [9.17, 15) is 18.0 Å². The summed E-state index contributed by atoms with van der Waals surface area (Å²) in [6.07, 6.45) is 1.16. The molecule has 3 unspecified atom stereocenters. The summed E-state index contributed by atoms with van der Waals surface area (Å²) in [6.45, 7) is 6.94. The largest absolute Gasteiger partial charge is 0.469 e. The topological polar surface area (TPSA) is 102 Å². The molecule has 0 radical (unpaired) electrons. The standard InChI is InChI=1S/C26H34F3N5O3/c1-14-9-20(22-33-34-24(37-22)31-16-8-6-7-15(10-16)23(35)36-5)32-21-18(14)11-17(30-13-26(27,28)29)12-19(21)25(2,3)4/h9,11,15-17,30H,6-8,10,12-13H2,1-5H3,(H,31,34). The van der Waals surface area contributed by atoms with E-state index >= 15 is 0 Å². The van der Waals surface area contributed by atoms with Crippen LogP contribution in [0.15, 0.2) is 10.5 Å².